The summed E-state index contributed by atoms with van der Waals surface area (Å²) in [5.74, 6) is -0.877. The van der Waals surface area contributed by atoms with Crippen LogP contribution in [0.4, 0.5) is 5.69 Å². The van der Waals surface area contributed by atoms with E-state index < -0.39 is 0 Å². The lowest BCUT2D eigenvalue weighted by Gasteiger charge is -2.23. The van der Waals surface area contributed by atoms with Crippen molar-refractivity contribution in [3.05, 3.63) is 29.8 Å². The van der Waals surface area contributed by atoms with Gasteiger partial charge in [0.15, 0.2) is 0 Å². The van der Waals surface area contributed by atoms with Crippen molar-refractivity contribution in [2.45, 2.75) is 25.9 Å². The fourth-order valence-electron chi connectivity index (χ4n) is 4.49. The summed E-state index contributed by atoms with van der Waals surface area (Å²) in [6.07, 6.45) is 1.73. The number of anilines is 1. The average Bonchev–Trinajstić information content (AvgIpc) is 3.17. The fraction of sp³-hybridized carbons (Fsp3) is 0.500. The Morgan fingerprint density at radius 2 is 2.00 bits per heavy atom. The lowest BCUT2D eigenvalue weighted by atomic mass is 9.79. The number of nitrogens with one attached hydrogen (secondary N) is 1. The van der Waals surface area contributed by atoms with Gasteiger partial charge >= 0.3 is 11.9 Å². The summed E-state index contributed by atoms with van der Waals surface area (Å²) in [5, 5.41) is 2.87. The van der Waals surface area contributed by atoms with Crippen molar-refractivity contribution in [1.29, 1.82) is 0 Å². The lowest BCUT2D eigenvalue weighted by Crippen LogP contribution is -2.35. The van der Waals surface area contributed by atoms with Crippen LogP contribution >= 0.6 is 0 Å². The first-order chi connectivity index (χ1) is 11.6. The molecule has 5 atom stereocenters. The second-order valence-corrected chi connectivity index (χ2v) is 6.71. The summed E-state index contributed by atoms with van der Waals surface area (Å²) < 4.78 is 10.3. The third kappa shape index (κ3) is 2.28. The number of benzene rings is 1. The topological polar surface area (TPSA) is 81.7 Å². The van der Waals surface area contributed by atoms with Gasteiger partial charge in [-0.15, -0.1) is 0 Å². The monoisotopic (exact) mass is 329 g/mol. The molecule has 1 N–H and O–H groups in total. The third-order valence-corrected chi connectivity index (χ3v) is 5.45. The number of hydrogen-bond donors (Lipinski definition) is 1. The van der Waals surface area contributed by atoms with Crippen LogP contribution in [-0.4, -0.2) is 30.6 Å². The summed E-state index contributed by atoms with van der Waals surface area (Å²) in [6.45, 7) is 2.07. The van der Waals surface area contributed by atoms with Crippen molar-refractivity contribution >= 4 is 23.5 Å². The molecule has 2 saturated carbocycles. The highest BCUT2D eigenvalue weighted by Gasteiger charge is 2.63. The van der Waals surface area contributed by atoms with E-state index in [0.717, 1.165) is 12.8 Å². The zero-order valence-electron chi connectivity index (χ0n) is 13.4. The maximum atomic E-state index is 12.6. The van der Waals surface area contributed by atoms with E-state index in [2.05, 4.69) is 5.32 Å². The van der Waals surface area contributed by atoms with Crippen LogP contribution in [-0.2, 0) is 19.1 Å². The minimum Gasteiger partial charge on any atom is -0.462 e. The van der Waals surface area contributed by atoms with Crippen LogP contribution in [0.2, 0.25) is 0 Å². The van der Waals surface area contributed by atoms with Crippen molar-refractivity contribution < 1.29 is 23.9 Å². The number of fused-ring (bicyclic) bond motifs is 1. The number of carbonyl (C=O) groups is 3. The van der Waals surface area contributed by atoms with Gasteiger partial charge < -0.3 is 14.8 Å². The van der Waals surface area contributed by atoms with Crippen LogP contribution < -0.4 is 5.32 Å². The Bertz CT molecular complexity index is 696. The molecule has 2 aliphatic carbocycles. The van der Waals surface area contributed by atoms with Crippen LogP contribution in [0.15, 0.2) is 24.3 Å². The summed E-state index contributed by atoms with van der Waals surface area (Å²) in [5.41, 5.74) is 1.05. The SMILES string of the molecule is CCOC(=O)c1ccc(NC(=O)C2C3CC4OC(=O)C2C4C3)cc1. The van der Waals surface area contributed by atoms with Crippen molar-refractivity contribution in [3.8, 4) is 0 Å². The minimum atomic E-state index is -0.386. The van der Waals surface area contributed by atoms with Gasteiger partial charge in [0.1, 0.15) is 6.10 Å². The van der Waals surface area contributed by atoms with Crippen molar-refractivity contribution in [2.24, 2.45) is 23.7 Å². The molecule has 1 aliphatic heterocycles. The molecular formula is C18H19NO5. The molecule has 0 aromatic heterocycles. The Hall–Kier alpha value is -2.37. The van der Waals surface area contributed by atoms with Crippen LogP contribution in [0.25, 0.3) is 0 Å². The number of amides is 1. The van der Waals surface area contributed by atoms with E-state index in [0.29, 0.717) is 17.9 Å². The van der Waals surface area contributed by atoms with Crippen molar-refractivity contribution in [3.63, 3.8) is 0 Å². The first-order valence-corrected chi connectivity index (χ1v) is 8.37. The zero-order valence-corrected chi connectivity index (χ0v) is 13.4. The maximum Gasteiger partial charge on any atom is 0.338 e. The highest BCUT2D eigenvalue weighted by Crippen LogP contribution is 2.57. The molecular weight excluding hydrogens is 310 g/mol. The molecule has 0 radical (unpaired) electrons. The number of esters is 2. The van der Waals surface area contributed by atoms with E-state index in [1.807, 2.05) is 0 Å². The van der Waals surface area contributed by atoms with Gasteiger partial charge in [0, 0.05) is 11.6 Å². The summed E-state index contributed by atoms with van der Waals surface area (Å²) in [7, 11) is 0. The van der Waals surface area contributed by atoms with E-state index in [1.165, 1.54) is 0 Å². The smallest absolute Gasteiger partial charge is 0.338 e. The number of rotatable bonds is 4. The standard InChI is InChI=1S/C18H19NO5/c1-2-23-17(21)9-3-5-11(6-4-9)19-16(20)14-10-7-12-13(8-10)24-18(22)15(12)14/h3-6,10,12-15H,2,7-8H2,1H3,(H,19,20). The molecule has 5 unspecified atom stereocenters. The van der Waals surface area contributed by atoms with Crippen LogP contribution in [0.5, 0.6) is 0 Å². The predicted octanol–water partition coefficient (Wildman–Crippen LogP) is 2.00. The Morgan fingerprint density at radius 1 is 1.25 bits per heavy atom. The van der Waals surface area contributed by atoms with E-state index in [-0.39, 0.29) is 47.6 Å². The molecule has 1 heterocycles. The second kappa shape index (κ2) is 5.61. The van der Waals surface area contributed by atoms with Gasteiger partial charge in [0.2, 0.25) is 5.91 Å². The average molecular weight is 329 g/mol. The predicted molar refractivity (Wildman–Crippen MR) is 84.1 cm³/mol. The fourth-order valence-corrected chi connectivity index (χ4v) is 4.49. The lowest BCUT2D eigenvalue weighted by molar-refractivity contribution is -0.145. The molecule has 126 valence electrons. The van der Waals surface area contributed by atoms with Gasteiger partial charge in [0.05, 0.1) is 24.0 Å². The first kappa shape index (κ1) is 15.2. The van der Waals surface area contributed by atoms with Gasteiger partial charge in [-0.3, -0.25) is 9.59 Å². The number of ether oxygens (including phenoxy) is 2. The van der Waals surface area contributed by atoms with Crippen LogP contribution in [0.3, 0.4) is 0 Å². The van der Waals surface area contributed by atoms with Gasteiger partial charge in [-0.05, 0) is 49.9 Å². The summed E-state index contributed by atoms with van der Waals surface area (Å²) in [6, 6.07) is 6.59. The van der Waals surface area contributed by atoms with E-state index in [1.54, 1.807) is 31.2 Å². The summed E-state index contributed by atoms with van der Waals surface area (Å²) in [4.78, 5) is 36.3. The molecule has 1 amide bonds. The number of carbonyl (C=O) groups excluding carboxylic acids is 3. The molecule has 1 aromatic carbocycles. The van der Waals surface area contributed by atoms with Crippen LogP contribution in [0, 0.1) is 23.7 Å². The molecule has 4 rings (SSSR count). The zero-order chi connectivity index (χ0) is 16.8. The summed E-state index contributed by atoms with van der Waals surface area (Å²) >= 11 is 0. The Balaban J connectivity index is 1.45. The Morgan fingerprint density at radius 3 is 2.71 bits per heavy atom. The highest BCUT2D eigenvalue weighted by molar-refractivity contribution is 5.97. The van der Waals surface area contributed by atoms with Gasteiger partial charge in [-0.1, -0.05) is 0 Å². The third-order valence-electron chi connectivity index (χ3n) is 5.45. The van der Waals surface area contributed by atoms with Crippen LogP contribution in [0.1, 0.15) is 30.1 Å². The molecule has 2 bridgehead atoms. The van der Waals surface area contributed by atoms with E-state index in [9.17, 15) is 14.4 Å². The molecule has 6 heteroatoms. The molecule has 1 saturated heterocycles. The number of hydrogen-bond acceptors (Lipinski definition) is 5. The minimum absolute atomic E-state index is 0.0282. The largest absolute Gasteiger partial charge is 0.462 e. The van der Waals surface area contributed by atoms with E-state index >= 15 is 0 Å². The normalized spacial score (nSPS) is 32.5. The molecule has 3 aliphatic rings. The maximum absolute atomic E-state index is 12.6. The molecule has 6 nitrogen and oxygen atoms in total. The first-order valence-electron chi connectivity index (χ1n) is 8.37. The van der Waals surface area contributed by atoms with Gasteiger partial charge in [0.25, 0.3) is 0 Å². The van der Waals surface area contributed by atoms with Gasteiger partial charge in [-0.25, -0.2) is 4.79 Å². The molecule has 24 heavy (non-hydrogen) atoms. The van der Waals surface area contributed by atoms with E-state index in [4.69, 9.17) is 9.47 Å². The Labute approximate surface area is 139 Å². The molecule has 1 aromatic rings. The van der Waals surface area contributed by atoms with Gasteiger partial charge in [-0.2, -0.15) is 0 Å². The molecule has 0 spiro atoms. The second-order valence-electron chi connectivity index (χ2n) is 6.71. The van der Waals surface area contributed by atoms with Crippen molar-refractivity contribution in [2.75, 3.05) is 11.9 Å². The van der Waals surface area contributed by atoms with Crippen molar-refractivity contribution in [1.82, 2.24) is 0 Å². The quantitative estimate of drug-likeness (QED) is 0.855. The Kier molecular flexibility index (Phi) is 3.55. The molecule has 3 fully saturated rings. The highest BCUT2D eigenvalue weighted by atomic mass is 16.6.